The molecule has 4 aliphatic carbocycles. The van der Waals surface area contributed by atoms with Gasteiger partial charge in [-0.3, -0.25) is 0 Å². The molecule has 0 heterocycles. The molecule has 224 valence electrons. The smallest absolute Gasteiger partial charge is 0.393 e. The molecule has 4 aliphatic rings. The molecule has 1 N–H and O–H groups in total. The predicted molar refractivity (Wildman–Crippen MR) is 151 cm³/mol. The van der Waals surface area contributed by atoms with Crippen molar-refractivity contribution in [1.82, 2.24) is 0 Å². The first-order valence-corrected chi connectivity index (χ1v) is 17.3. The van der Waals surface area contributed by atoms with Crippen LogP contribution in [0.2, 0.25) is 0 Å². The fraction of sp³-hybridized carbons (Fsp3) is 0.438. The summed E-state index contributed by atoms with van der Waals surface area (Å²) in [5, 5.41) is 4.91. The number of hydrogen-bond acceptors (Lipinski definition) is 4. The van der Waals surface area contributed by atoms with Gasteiger partial charge < -0.3 is 5.11 Å². The molecule has 3 aromatic rings. The van der Waals surface area contributed by atoms with Gasteiger partial charge in [0, 0.05) is 20.6 Å². The molecule has 8 atom stereocenters. The quantitative estimate of drug-likeness (QED) is 0.207. The van der Waals surface area contributed by atoms with Crippen LogP contribution in [-0.4, -0.2) is 30.8 Å². The number of fused-ring (bicyclic) bond motifs is 9. The Morgan fingerprint density at radius 2 is 1.07 bits per heavy atom. The normalized spacial score (nSPS) is 32.7. The zero-order valence-corrected chi connectivity index (χ0v) is 24.2. The third-order valence-corrected chi connectivity index (χ3v) is 15.6. The summed E-state index contributed by atoms with van der Waals surface area (Å²) in [4.78, 5) is 0.857. The maximum atomic E-state index is 16.2. The van der Waals surface area contributed by atoms with Crippen molar-refractivity contribution in [3.05, 3.63) is 91.0 Å². The van der Waals surface area contributed by atoms with Crippen LogP contribution in [0, 0.1) is 41.4 Å². The van der Waals surface area contributed by atoms with Gasteiger partial charge in [0.1, 0.15) is 0 Å². The summed E-state index contributed by atoms with van der Waals surface area (Å²) in [6.45, 7) is 0. The lowest BCUT2D eigenvalue weighted by Crippen LogP contribution is -2.55. The molecule has 0 aromatic heterocycles. The Balaban J connectivity index is 1.29. The van der Waals surface area contributed by atoms with Crippen LogP contribution >= 0.6 is 10.3 Å². The minimum atomic E-state index is -6.20. The van der Waals surface area contributed by atoms with Crippen LogP contribution < -0.4 is 0 Å². The van der Waals surface area contributed by atoms with Gasteiger partial charge in [0.05, 0.1) is 6.10 Å². The number of rotatable bonds is 8. The van der Waals surface area contributed by atoms with Gasteiger partial charge >= 0.3 is 21.3 Å². The van der Waals surface area contributed by atoms with Crippen LogP contribution in [0.1, 0.15) is 25.7 Å². The highest BCUT2D eigenvalue weighted by molar-refractivity contribution is 8.33. The van der Waals surface area contributed by atoms with E-state index < -0.39 is 49.5 Å². The molecule has 42 heavy (non-hydrogen) atoms. The summed E-state index contributed by atoms with van der Waals surface area (Å²) in [5.74, 6) is -7.58. The Morgan fingerprint density at radius 1 is 0.643 bits per heavy atom. The predicted octanol–water partition coefficient (Wildman–Crippen LogP) is 7.75. The SMILES string of the molecule is O=S(=O)(OS(c1ccccc1)(c1ccccc1)c1ccccc1)C(F)(F)C(F)(F)C1CC2CC1C1C3CC(O)C(C3)C21. The highest BCUT2D eigenvalue weighted by atomic mass is 32.3. The number of aliphatic hydroxyl groups is 1. The average Bonchev–Trinajstić information content (AvgIpc) is 3.77. The van der Waals surface area contributed by atoms with Gasteiger partial charge in [0.25, 0.3) is 0 Å². The minimum absolute atomic E-state index is 0.0245. The second kappa shape index (κ2) is 9.81. The van der Waals surface area contributed by atoms with Gasteiger partial charge in [-0.1, -0.05) is 54.6 Å². The molecule has 0 aliphatic heterocycles. The van der Waals surface area contributed by atoms with Gasteiger partial charge in [-0.05, 0) is 108 Å². The van der Waals surface area contributed by atoms with Crippen molar-refractivity contribution < 1.29 is 34.7 Å². The summed E-state index contributed by atoms with van der Waals surface area (Å²) in [6, 6.07) is 24.3. The largest absolute Gasteiger partial charge is 0.432 e. The monoisotopic (exact) mass is 620 g/mol. The zero-order valence-electron chi connectivity index (χ0n) is 22.6. The van der Waals surface area contributed by atoms with E-state index in [1.807, 2.05) is 0 Å². The van der Waals surface area contributed by atoms with Crippen LogP contribution in [0.15, 0.2) is 106 Å². The van der Waals surface area contributed by atoms with Crippen LogP contribution in [0.3, 0.4) is 0 Å². The number of halogens is 4. The molecule has 0 radical (unpaired) electrons. The lowest BCUT2D eigenvalue weighted by atomic mass is 9.65. The van der Waals surface area contributed by atoms with Crippen LogP contribution in [-0.2, 0) is 13.7 Å². The van der Waals surface area contributed by atoms with Crippen molar-refractivity contribution in [3.8, 4) is 0 Å². The van der Waals surface area contributed by atoms with E-state index in [2.05, 4.69) is 0 Å². The molecule has 10 heteroatoms. The molecule has 0 saturated heterocycles. The summed E-state index contributed by atoms with van der Waals surface area (Å²) in [6.07, 6.45) is 0.974. The molecule has 0 spiro atoms. The van der Waals surface area contributed by atoms with Gasteiger partial charge in [0.2, 0.25) is 0 Å². The van der Waals surface area contributed by atoms with E-state index in [9.17, 15) is 13.5 Å². The summed E-state index contributed by atoms with van der Waals surface area (Å²) < 4.78 is 97.7. The molecular formula is C32H32F4O4S2. The van der Waals surface area contributed by atoms with E-state index >= 15 is 17.6 Å². The highest BCUT2D eigenvalue weighted by Crippen LogP contribution is 2.73. The molecule has 8 unspecified atom stereocenters. The summed E-state index contributed by atoms with van der Waals surface area (Å²) in [5.41, 5.74) is 0. The first-order chi connectivity index (χ1) is 20.0. The lowest BCUT2D eigenvalue weighted by Gasteiger charge is -2.44. The maximum absolute atomic E-state index is 16.2. The van der Waals surface area contributed by atoms with Crippen molar-refractivity contribution in [2.24, 2.45) is 41.4 Å². The Kier molecular flexibility index (Phi) is 6.62. The van der Waals surface area contributed by atoms with E-state index in [0.717, 1.165) is 6.42 Å². The Morgan fingerprint density at radius 3 is 1.57 bits per heavy atom. The van der Waals surface area contributed by atoms with Crippen molar-refractivity contribution in [2.75, 3.05) is 0 Å². The van der Waals surface area contributed by atoms with Gasteiger partial charge in [-0.15, -0.1) is 0 Å². The molecule has 4 bridgehead atoms. The van der Waals surface area contributed by atoms with E-state index in [1.54, 1.807) is 91.0 Å². The van der Waals surface area contributed by atoms with Gasteiger partial charge in [0.15, 0.2) is 0 Å². The standard InChI is InChI=1S/C32H32F4O4S2/c33-31(34,27-18-20-16-25(27)29-21-17-26(30(20)29)28(37)19-21)32(35,36)42(38,39)40-41(22-10-4-1-5-11-22,23-12-6-2-7-13-23)24-14-8-3-9-15-24/h1-15,20-21,25-30,37H,16-19H2. The number of alkyl halides is 4. The maximum Gasteiger partial charge on any atom is 0.432 e. The molecule has 0 amide bonds. The summed E-state index contributed by atoms with van der Waals surface area (Å²) >= 11 is 0. The van der Waals surface area contributed by atoms with E-state index in [0.29, 0.717) is 12.8 Å². The molecule has 3 aromatic carbocycles. The minimum Gasteiger partial charge on any atom is -0.393 e. The van der Waals surface area contributed by atoms with Gasteiger partial charge in [-0.2, -0.15) is 26.0 Å². The van der Waals surface area contributed by atoms with E-state index in [4.69, 9.17) is 3.63 Å². The van der Waals surface area contributed by atoms with Crippen LogP contribution in [0.5, 0.6) is 0 Å². The van der Waals surface area contributed by atoms with E-state index in [-0.39, 0.29) is 50.7 Å². The van der Waals surface area contributed by atoms with Crippen LogP contribution in [0.25, 0.3) is 0 Å². The number of benzene rings is 3. The van der Waals surface area contributed by atoms with Crippen molar-refractivity contribution in [1.29, 1.82) is 0 Å². The van der Waals surface area contributed by atoms with Crippen molar-refractivity contribution in [2.45, 2.75) is 57.7 Å². The van der Waals surface area contributed by atoms with Crippen LogP contribution in [0.4, 0.5) is 17.6 Å². The first-order valence-electron chi connectivity index (χ1n) is 14.4. The zero-order chi connectivity index (χ0) is 29.5. The Bertz CT molecular complexity index is 1460. The fourth-order valence-electron chi connectivity index (χ4n) is 8.90. The van der Waals surface area contributed by atoms with E-state index in [1.165, 1.54) is 0 Å². The third-order valence-electron chi connectivity index (χ3n) is 10.4. The number of aliphatic hydroxyl groups excluding tert-OH is 1. The molecular weight excluding hydrogens is 588 g/mol. The second-order valence-electron chi connectivity index (χ2n) is 12.3. The first kappa shape index (κ1) is 28.4. The number of hydrogen-bond donors (Lipinski definition) is 1. The lowest BCUT2D eigenvalue weighted by molar-refractivity contribution is -0.210. The third kappa shape index (κ3) is 3.90. The average molecular weight is 621 g/mol. The molecule has 4 saturated carbocycles. The topological polar surface area (TPSA) is 63.6 Å². The molecule has 7 rings (SSSR count). The van der Waals surface area contributed by atoms with Gasteiger partial charge in [-0.25, -0.2) is 3.63 Å². The highest BCUT2D eigenvalue weighted by Gasteiger charge is 2.76. The molecule has 4 fully saturated rings. The van der Waals surface area contributed by atoms with Crippen molar-refractivity contribution in [3.63, 3.8) is 0 Å². The summed E-state index contributed by atoms with van der Waals surface area (Å²) in [7, 11) is -9.63. The Labute approximate surface area is 244 Å². The fourth-order valence-corrected chi connectivity index (χ4v) is 14.2. The Hall–Kier alpha value is -2.40. The second-order valence-corrected chi connectivity index (χ2v) is 16.8. The molecule has 4 nitrogen and oxygen atoms in total. The van der Waals surface area contributed by atoms with Crippen molar-refractivity contribution >= 4 is 20.4 Å².